The number of aromatic nitrogens is 2. The van der Waals surface area contributed by atoms with Gasteiger partial charge in [0.05, 0.1) is 0 Å². The molecule has 2 aromatic rings. The molecule has 0 saturated carbocycles. The van der Waals surface area contributed by atoms with Gasteiger partial charge in [0, 0.05) is 36.5 Å². The zero-order valence-corrected chi connectivity index (χ0v) is 13.5. The first-order valence-corrected chi connectivity index (χ1v) is 8.46. The zero-order valence-electron chi connectivity index (χ0n) is 13.5. The van der Waals surface area contributed by atoms with Crippen LogP contribution in [0.15, 0.2) is 24.3 Å². The fraction of sp³-hybridized carbons (Fsp3) is 0.389. The van der Waals surface area contributed by atoms with Gasteiger partial charge >= 0.3 is 0 Å². The van der Waals surface area contributed by atoms with E-state index in [4.69, 9.17) is 0 Å². The molecule has 2 N–H and O–H groups in total. The Kier molecular flexibility index (Phi) is 3.80. The van der Waals surface area contributed by atoms with Crippen molar-refractivity contribution < 1.29 is 9.59 Å². The van der Waals surface area contributed by atoms with Gasteiger partial charge in [-0.15, -0.1) is 0 Å². The van der Waals surface area contributed by atoms with Crippen molar-refractivity contribution in [3.8, 4) is 0 Å². The van der Waals surface area contributed by atoms with Crippen LogP contribution in [0.5, 0.6) is 0 Å². The van der Waals surface area contributed by atoms with E-state index in [1.807, 2.05) is 29.2 Å². The quantitative estimate of drug-likeness (QED) is 0.902. The van der Waals surface area contributed by atoms with Gasteiger partial charge in [-0.3, -0.25) is 14.7 Å². The molecule has 1 saturated heterocycles. The number of nitrogens with one attached hydrogen (secondary N) is 2. The zero-order chi connectivity index (χ0) is 16.5. The first kappa shape index (κ1) is 14.9. The van der Waals surface area contributed by atoms with Gasteiger partial charge in [0.1, 0.15) is 0 Å². The van der Waals surface area contributed by atoms with E-state index in [-0.39, 0.29) is 11.8 Å². The second kappa shape index (κ2) is 6.11. The highest BCUT2D eigenvalue weighted by Crippen LogP contribution is 2.23. The molecule has 0 spiro atoms. The van der Waals surface area contributed by atoms with Gasteiger partial charge in [-0.25, -0.2) is 0 Å². The summed E-state index contributed by atoms with van der Waals surface area (Å²) in [4.78, 5) is 25.9. The Morgan fingerprint density at radius 1 is 1.17 bits per heavy atom. The molecule has 2 heterocycles. The summed E-state index contributed by atoms with van der Waals surface area (Å²) in [5, 5.41) is 10.0. The van der Waals surface area contributed by atoms with Crippen molar-refractivity contribution in [2.45, 2.75) is 38.6 Å². The van der Waals surface area contributed by atoms with E-state index in [2.05, 4.69) is 15.5 Å². The van der Waals surface area contributed by atoms with Crippen LogP contribution in [0.25, 0.3) is 0 Å². The van der Waals surface area contributed by atoms with E-state index in [0.29, 0.717) is 18.7 Å². The van der Waals surface area contributed by atoms with Crippen molar-refractivity contribution in [1.82, 2.24) is 15.5 Å². The number of nitrogens with zero attached hydrogens (tertiary/aromatic N) is 2. The van der Waals surface area contributed by atoms with E-state index in [1.54, 1.807) is 0 Å². The molecule has 0 radical (unpaired) electrons. The molecule has 6 heteroatoms. The van der Waals surface area contributed by atoms with Crippen molar-refractivity contribution in [3.63, 3.8) is 0 Å². The smallest absolute Gasteiger partial charge is 0.272 e. The van der Waals surface area contributed by atoms with Crippen molar-refractivity contribution in [1.29, 1.82) is 0 Å². The van der Waals surface area contributed by atoms with Gasteiger partial charge in [0.15, 0.2) is 5.69 Å². The number of hydrogen-bond donors (Lipinski definition) is 2. The van der Waals surface area contributed by atoms with Gasteiger partial charge in [-0.1, -0.05) is 12.1 Å². The molecule has 124 valence electrons. The highest BCUT2D eigenvalue weighted by molar-refractivity contribution is 5.95. The summed E-state index contributed by atoms with van der Waals surface area (Å²) >= 11 is 0. The number of hydrogen-bond acceptors (Lipinski definition) is 3. The topological polar surface area (TPSA) is 78.1 Å². The van der Waals surface area contributed by atoms with Crippen LogP contribution in [0.4, 0.5) is 5.69 Å². The van der Waals surface area contributed by atoms with Crippen LogP contribution >= 0.6 is 0 Å². The lowest BCUT2D eigenvalue weighted by molar-refractivity contribution is -0.117. The van der Waals surface area contributed by atoms with Gasteiger partial charge in [-0.05, 0) is 43.4 Å². The summed E-state index contributed by atoms with van der Waals surface area (Å²) in [6.07, 6.45) is 4.54. The van der Waals surface area contributed by atoms with E-state index >= 15 is 0 Å². The fourth-order valence-corrected chi connectivity index (χ4v) is 3.49. The van der Waals surface area contributed by atoms with Gasteiger partial charge in [-0.2, -0.15) is 5.10 Å². The minimum atomic E-state index is -0.131. The Hall–Kier alpha value is -2.63. The van der Waals surface area contributed by atoms with E-state index in [0.717, 1.165) is 54.7 Å². The monoisotopic (exact) mass is 324 g/mol. The van der Waals surface area contributed by atoms with Crippen molar-refractivity contribution in [2.24, 2.45) is 0 Å². The molecular formula is C18H20N4O2. The average molecular weight is 324 g/mol. The number of aryl methyl sites for hydroxylation is 1. The van der Waals surface area contributed by atoms with Crippen LogP contribution in [0, 0.1) is 0 Å². The summed E-state index contributed by atoms with van der Waals surface area (Å²) in [6.45, 7) is 1.24. The summed E-state index contributed by atoms with van der Waals surface area (Å²) in [5.41, 5.74) is 4.63. The minimum absolute atomic E-state index is 0.131. The molecule has 1 aromatic carbocycles. The maximum absolute atomic E-state index is 12.3. The molecule has 0 unspecified atom stereocenters. The third-order valence-electron chi connectivity index (χ3n) is 4.80. The normalized spacial score (nSPS) is 16.5. The van der Waals surface area contributed by atoms with Crippen LogP contribution in [0.2, 0.25) is 0 Å². The summed E-state index contributed by atoms with van der Waals surface area (Å²) in [5.74, 6) is 0.0524. The standard InChI is InChI=1S/C18H20N4O2/c23-16-5-2-10-22(16)13-8-6-12(7-9-13)11-19-18(24)17-14-3-1-4-15(14)20-21-17/h6-9H,1-5,10-11H2,(H,19,24)(H,20,21). The largest absolute Gasteiger partial charge is 0.347 e. The highest BCUT2D eigenvalue weighted by Gasteiger charge is 2.23. The molecule has 4 rings (SSSR count). The van der Waals surface area contributed by atoms with E-state index < -0.39 is 0 Å². The Morgan fingerprint density at radius 2 is 2.00 bits per heavy atom. The molecule has 1 aromatic heterocycles. The van der Waals surface area contributed by atoms with Gasteiger partial charge in [0.25, 0.3) is 5.91 Å². The molecule has 0 bridgehead atoms. The maximum atomic E-state index is 12.3. The number of carbonyl (C=O) groups is 2. The Morgan fingerprint density at radius 3 is 2.75 bits per heavy atom. The molecule has 1 aliphatic carbocycles. The van der Waals surface area contributed by atoms with E-state index in [9.17, 15) is 9.59 Å². The van der Waals surface area contributed by atoms with Crippen LogP contribution in [-0.2, 0) is 24.2 Å². The predicted molar refractivity (Wildman–Crippen MR) is 89.8 cm³/mol. The third-order valence-corrected chi connectivity index (χ3v) is 4.80. The van der Waals surface area contributed by atoms with E-state index in [1.165, 1.54) is 0 Å². The maximum Gasteiger partial charge on any atom is 0.272 e. The lowest BCUT2D eigenvalue weighted by atomic mass is 10.1. The van der Waals surface area contributed by atoms with Crippen LogP contribution in [0.3, 0.4) is 0 Å². The second-order valence-corrected chi connectivity index (χ2v) is 6.38. The molecule has 1 fully saturated rings. The lowest BCUT2D eigenvalue weighted by Crippen LogP contribution is -2.25. The number of amides is 2. The third kappa shape index (κ3) is 2.68. The van der Waals surface area contributed by atoms with Gasteiger partial charge in [0.2, 0.25) is 5.91 Å². The number of fused-ring (bicyclic) bond motifs is 1. The highest BCUT2D eigenvalue weighted by atomic mass is 16.2. The molecular weight excluding hydrogens is 304 g/mol. The first-order chi connectivity index (χ1) is 11.7. The summed E-state index contributed by atoms with van der Waals surface area (Å²) in [7, 11) is 0. The van der Waals surface area contributed by atoms with Crippen LogP contribution < -0.4 is 10.2 Å². The minimum Gasteiger partial charge on any atom is -0.347 e. The molecule has 1 aliphatic heterocycles. The van der Waals surface area contributed by atoms with Crippen molar-refractivity contribution >= 4 is 17.5 Å². The predicted octanol–water partition coefficient (Wildman–Crippen LogP) is 1.96. The Labute approximate surface area is 140 Å². The molecule has 0 atom stereocenters. The number of H-pyrrole nitrogens is 1. The van der Waals surface area contributed by atoms with Crippen LogP contribution in [0.1, 0.15) is 46.6 Å². The Balaban J connectivity index is 1.39. The molecule has 24 heavy (non-hydrogen) atoms. The fourth-order valence-electron chi connectivity index (χ4n) is 3.49. The number of rotatable bonds is 4. The lowest BCUT2D eigenvalue weighted by Gasteiger charge is -2.16. The van der Waals surface area contributed by atoms with Crippen molar-refractivity contribution in [3.05, 3.63) is 46.8 Å². The number of carbonyl (C=O) groups excluding carboxylic acids is 2. The average Bonchev–Trinajstić information content (AvgIpc) is 3.29. The molecule has 6 nitrogen and oxygen atoms in total. The number of aromatic amines is 1. The molecule has 2 amide bonds. The summed E-state index contributed by atoms with van der Waals surface area (Å²) in [6, 6.07) is 7.79. The van der Waals surface area contributed by atoms with Crippen molar-refractivity contribution in [2.75, 3.05) is 11.4 Å². The second-order valence-electron chi connectivity index (χ2n) is 6.38. The number of anilines is 1. The first-order valence-electron chi connectivity index (χ1n) is 8.46. The molecule has 2 aliphatic rings. The number of benzene rings is 1. The summed E-state index contributed by atoms with van der Waals surface area (Å²) < 4.78 is 0. The van der Waals surface area contributed by atoms with Gasteiger partial charge < -0.3 is 10.2 Å². The van der Waals surface area contributed by atoms with Crippen LogP contribution in [-0.4, -0.2) is 28.6 Å². The SMILES string of the molecule is O=C(NCc1ccc(N2CCCC2=O)cc1)c1n[nH]c2c1CCC2. The Bertz CT molecular complexity index is 779.